The van der Waals surface area contributed by atoms with Crippen LogP contribution in [-0.4, -0.2) is 38.7 Å². The van der Waals surface area contributed by atoms with Crippen LogP contribution in [0.25, 0.3) is 23.0 Å². The maximum absolute atomic E-state index is 12.6. The predicted octanol–water partition coefficient (Wildman–Crippen LogP) is 4.86. The highest BCUT2D eigenvalue weighted by Crippen LogP contribution is 2.24. The molecule has 35 heavy (non-hydrogen) atoms. The third kappa shape index (κ3) is 5.91. The number of pyridine rings is 1. The maximum atomic E-state index is 12.6. The zero-order valence-corrected chi connectivity index (χ0v) is 19.7. The molecular weight excluding hydrogens is 434 g/mol. The molecule has 1 fully saturated rings. The molecule has 0 spiro atoms. The van der Waals surface area contributed by atoms with E-state index in [4.69, 9.17) is 5.10 Å². The van der Waals surface area contributed by atoms with Crippen LogP contribution < -0.4 is 5.32 Å². The third-order valence-corrected chi connectivity index (χ3v) is 6.21. The van der Waals surface area contributed by atoms with Gasteiger partial charge >= 0.3 is 0 Å². The molecule has 0 radical (unpaired) electrons. The molecule has 5 rings (SSSR count). The van der Waals surface area contributed by atoms with E-state index in [1.165, 1.54) is 31.5 Å². The van der Waals surface area contributed by atoms with Crippen LogP contribution in [0.4, 0.5) is 0 Å². The Morgan fingerprint density at radius 1 is 0.943 bits per heavy atom. The smallest absolute Gasteiger partial charge is 0.244 e. The van der Waals surface area contributed by atoms with Crippen molar-refractivity contribution >= 4 is 12.0 Å². The Morgan fingerprint density at radius 2 is 1.71 bits per heavy atom. The summed E-state index contributed by atoms with van der Waals surface area (Å²) >= 11 is 0. The molecule has 2 aromatic heterocycles. The Bertz CT molecular complexity index is 1270. The lowest BCUT2D eigenvalue weighted by atomic mass is 10.1. The molecule has 4 aromatic rings. The number of rotatable bonds is 8. The van der Waals surface area contributed by atoms with Gasteiger partial charge in [0.25, 0.3) is 0 Å². The largest absolute Gasteiger partial charge is 0.348 e. The van der Waals surface area contributed by atoms with Crippen LogP contribution >= 0.6 is 0 Å². The summed E-state index contributed by atoms with van der Waals surface area (Å²) in [5.41, 5.74) is 5.89. The van der Waals surface area contributed by atoms with Crippen molar-refractivity contribution in [1.82, 2.24) is 25.0 Å². The van der Waals surface area contributed by atoms with Gasteiger partial charge in [0.2, 0.25) is 5.91 Å². The molecule has 3 heterocycles. The first kappa shape index (κ1) is 22.7. The van der Waals surface area contributed by atoms with Crippen LogP contribution in [0.3, 0.4) is 0 Å². The number of likely N-dealkylation sites (tertiary alicyclic amines) is 1. The number of hydrogen-bond acceptors (Lipinski definition) is 4. The number of hydrogen-bond donors (Lipinski definition) is 1. The molecule has 0 aliphatic carbocycles. The number of carbonyl (C=O) groups excluding carboxylic acids is 1. The van der Waals surface area contributed by atoms with E-state index in [2.05, 4.69) is 39.5 Å². The number of nitrogens with one attached hydrogen (secondary N) is 1. The van der Waals surface area contributed by atoms with Crippen molar-refractivity contribution in [2.24, 2.45) is 0 Å². The molecule has 1 aliphatic rings. The van der Waals surface area contributed by atoms with Gasteiger partial charge in [0.15, 0.2) is 0 Å². The molecule has 0 unspecified atom stereocenters. The molecule has 176 valence electrons. The van der Waals surface area contributed by atoms with Crippen molar-refractivity contribution in [2.75, 3.05) is 13.1 Å². The van der Waals surface area contributed by atoms with Gasteiger partial charge in [-0.1, -0.05) is 42.5 Å². The van der Waals surface area contributed by atoms with Gasteiger partial charge in [0.05, 0.1) is 5.69 Å². The van der Waals surface area contributed by atoms with Gasteiger partial charge in [-0.25, -0.2) is 4.68 Å². The first-order valence-corrected chi connectivity index (χ1v) is 12.1. The number of para-hydroxylation sites is 1. The van der Waals surface area contributed by atoms with Crippen LogP contribution in [0.5, 0.6) is 0 Å². The molecule has 1 amide bonds. The summed E-state index contributed by atoms with van der Waals surface area (Å²) in [6, 6.07) is 22.3. The molecule has 0 bridgehead atoms. The molecule has 6 heteroatoms. The fourth-order valence-electron chi connectivity index (χ4n) is 4.32. The van der Waals surface area contributed by atoms with Gasteiger partial charge in [-0.05, 0) is 67.4 Å². The quantitative estimate of drug-likeness (QED) is 0.379. The summed E-state index contributed by atoms with van der Waals surface area (Å²) < 4.78 is 1.82. The Kier molecular flexibility index (Phi) is 7.10. The second-order valence-corrected chi connectivity index (χ2v) is 8.81. The Balaban J connectivity index is 1.25. The standard InChI is InChI=1S/C29H29N5O/c35-28(31-19-23-10-12-24(13-11-23)21-33-17-4-5-18-33)15-14-26-22-34(27-8-2-1-3-9-27)32-29(26)25-7-6-16-30-20-25/h1-3,6-16,20,22H,4-5,17-19,21H2,(H,31,35)/b15-14+. The third-order valence-electron chi connectivity index (χ3n) is 6.21. The van der Waals surface area contributed by atoms with Crippen molar-refractivity contribution in [3.8, 4) is 16.9 Å². The Morgan fingerprint density at radius 3 is 2.46 bits per heavy atom. The Hall–Kier alpha value is -4.03. The predicted molar refractivity (Wildman–Crippen MR) is 139 cm³/mol. The lowest BCUT2D eigenvalue weighted by Gasteiger charge is -2.14. The Labute approximate surface area is 205 Å². The highest BCUT2D eigenvalue weighted by molar-refractivity contribution is 5.92. The number of benzene rings is 2. The minimum atomic E-state index is -0.143. The van der Waals surface area contributed by atoms with Crippen LogP contribution in [-0.2, 0) is 17.9 Å². The fourth-order valence-corrected chi connectivity index (χ4v) is 4.32. The molecular formula is C29H29N5O. The van der Waals surface area contributed by atoms with Crippen molar-refractivity contribution in [1.29, 1.82) is 0 Å². The summed E-state index contributed by atoms with van der Waals surface area (Å²) in [6.07, 6.45) is 11.4. The van der Waals surface area contributed by atoms with E-state index in [1.54, 1.807) is 18.5 Å². The summed E-state index contributed by atoms with van der Waals surface area (Å²) in [6.45, 7) is 3.88. The summed E-state index contributed by atoms with van der Waals surface area (Å²) in [4.78, 5) is 19.3. The first-order chi connectivity index (χ1) is 17.2. The number of carbonyl (C=O) groups is 1. The minimum absolute atomic E-state index is 0.143. The van der Waals surface area contributed by atoms with Crippen molar-refractivity contribution in [2.45, 2.75) is 25.9 Å². The van der Waals surface area contributed by atoms with Crippen LogP contribution in [0, 0.1) is 0 Å². The molecule has 2 aromatic carbocycles. The average Bonchev–Trinajstić information content (AvgIpc) is 3.58. The number of amides is 1. The fraction of sp³-hybridized carbons (Fsp3) is 0.207. The zero-order chi connectivity index (χ0) is 23.9. The molecule has 6 nitrogen and oxygen atoms in total. The highest BCUT2D eigenvalue weighted by atomic mass is 16.1. The van der Waals surface area contributed by atoms with Gasteiger partial charge < -0.3 is 5.32 Å². The van der Waals surface area contributed by atoms with E-state index in [0.717, 1.165) is 34.6 Å². The van der Waals surface area contributed by atoms with E-state index < -0.39 is 0 Å². The molecule has 1 saturated heterocycles. The SMILES string of the molecule is O=C(/C=C/c1cn(-c2ccccc2)nc1-c1cccnc1)NCc1ccc(CN2CCCC2)cc1. The van der Waals surface area contributed by atoms with Gasteiger partial charge in [-0.3, -0.25) is 14.7 Å². The zero-order valence-electron chi connectivity index (χ0n) is 19.7. The average molecular weight is 464 g/mol. The summed E-state index contributed by atoms with van der Waals surface area (Å²) in [7, 11) is 0. The van der Waals surface area contributed by atoms with Crippen LogP contribution in [0.1, 0.15) is 29.5 Å². The second kappa shape index (κ2) is 10.9. The van der Waals surface area contributed by atoms with E-state index in [-0.39, 0.29) is 5.91 Å². The van der Waals surface area contributed by atoms with E-state index >= 15 is 0 Å². The summed E-state index contributed by atoms with van der Waals surface area (Å²) in [5.74, 6) is -0.143. The number of aromatic nitrogens is 3. The summed E-state index contributed by atoms with van der Waals surface area (Å²) in [5, 5.41) is 7.74. The molecule has 0 atom stereocenters. The monoisotopic (exact) mass is 463 g/mol. The normalized spacial score (nSPS) is 13.9. The lowest BCUT2D eigenvalue weighted by molar-refractivity contribution is -0.116. The number of nitrogens with zero attached hydrogens (tertiary/aromatic N) is 4. The molecule has 1 aliphatic heterocycles. The highest BCUT2D eigenvalue weighted by Gasteiger charge is 2.12. The van der Waals surface area contributed by atoms with E-state index in [0.29, 0.717) is 6.54 Å². The topological polar surface area (TPSA) is 63.1 Å². The van der Waals surface area contributed by atoms with E-state index in [1.807, 2.05) is 59.4 Å². The van der Waals surface area contributed by atoms with Gasteiger partial charge in [-0.15, -0.1) is 0 Å². The molecule has 0 saturated carbocycles. The second-order valence-electron chi connectivity index (χ2n) is 8.81. The van der Waals surface area contributed by atoms with Gasteiger partial charge in [0, 0.05) is 48.9 Å². The van der Waals surface area contributed by atoms with Crippen molar-refractivity contribution in [3.63, 3.8) is 0 Å². The van der Waals surface area contributed by atoms with Gasteiger partial charge in [-0.2, -0.15) is 5.10 Å². The first-order valence-electron chi connectivity index (χ1n) is 12.1. The maximum Gasteiger partial charge on any atom is 0.244 e. The van der Waals surface area contributed by atoms with Gasteiger partial charge in [0.1, 0.15) is 5.69 Å². The lowest BCUT2D eigenvalue weighted by Crippen LogP contribution is -2.20. The minimum Gasteiger partial charge on any atom is -0.348 e. The van der Waals surface area contributed by atoms with Crippen LogP contribution in [0.15, 0.2) is 91.4 Å². The van der Waals surface area contributed by atoms with Crippen molar-refractivity contribution in [3.05, 3.63) is 108 Å². The van der Waals surface area contributed by atoms with E-state index in [9.17, 15) is 4.79 Å². The van der Waals surface area contributed by atoms with Crippen LogP contribution in [0.2, 0.25) is 0 Å². The molecule has 1 N–H and O–H groups in total. The van der Waals surface area contributed by atoms with Crippen molar-refractivity contribution < 1.29 is 4.79 Å².